The highest BCUT2D eigenvalue weighted by atomic mass is 16.5. The molecule has 0 bridgehead atoms. The Hall–Kier alpha value is -2.08. The third-order valence-corrected chi connectivity index (χ3v) is 3.72. The number of nitrogens with zero attached hydrogens (tertiary/aromatic N) is 1. The Bertz CT molecular complexity index is 515. The second kappa shape index (κ2) is 6.58. The summed E-state index contributed by atoms with van der Waals surface area (Å²) in [7, 11) is 1.32. The van der Waals surface area contributed by atoms with Crippen molar-refractivity contribution >= 4 is 11.9 Å². The maximum absolute atomic E-state index is 12.4. The minimum absolute atomic E-state index is 0.170. The van der Waals surface area contributed by atoms with Crippen LogP contribution < -0.4 is 5.73 Å². The average Bonchev–Trinajstić information content (AvgIpc) is 2.97. The van der Waals surface area contributed by atoms with E-state index in [-0.39, 0.29) is 11.7 Å². The van der Waals surface area contributed by atoms with Gasteiger partial charge in [0.05, 0.1) is 13.2 Å². The normalized spacial score (nSPS) is 19.3. The zero-order valence-electron chi connectivity index (χ0n) is 12.0. The van der Waals surface area contributed by atoms with Crippen molar-refractivity contribution < 1.29 is 19.4 Å². The van der Waals surface area contributed by atoms with E-state index >= 15 is 0 Å². The first-order chi connectivity index (χ1) is 10.0. The summed E-state index contributed by atoms with van der Waals surface area (Å²) >= 11 is 0. The fourth-order valence-corrected chi connectivity index (χ4v) is 2.60. The highest BCUT2D eigenvalue weighted by Crippen LogP contribution is 2.20. The highest BCUT2D eigenvalue weighted by molar-refractivity contribution is 5.88. The lowest BCUT2D eigenvalue weighted by Crippen LogP contribution is -2.49. The monoisotopic (exact) mass is 292 g/mol. The number of carbonyl (C=O) groups is 2. The van der Waals surface area contributed by atoms with E-state index in [0.29, 0.717) is 19.4 Å². The van der Waals surface area contributed by atoms with Gasteiger partial charge in [0.25, 0.3) is 0 Å². The van der Waals surface area contributed by atoms with E-state index in [0.717, 1.165) is 12.0 Å². The van der Waals surface area contributed by atoms with Gasteiger partial charge in [-0.3, -0.25) is 4.79 Å². The molecule has 1 heterocycles. The molecule has 1 aliphatic heterocycles. The molecule has 21 heavy (non-hydrogen) atoms. The first kappa shape index (κ1) is 15.3. The number of esters is 1. The molecule has 0 aromatic heterocycles. The number of ether oxygens (including phenoxy) is 1. The first-order valence-electron chi connectivity index (χ1n) is 6.94. The Labute approximate surface area is 123 Å². The molecule has 1 fully saturated rings. The van der Waals surface area contributed by atoms with Gasteiger partial charge in [-0.05, 0) is 37.0 Å². The van der Waals surface area contributed by atoms with Gasteiger partial charge in [-0.2, -0.15) is 0 Å². The van der Waals surface area contributed by atoms with E-state index in [9.17, 15) is 14.7 Å². The quantitative estimate of drug-likeness (QED) is 0.785. The maximum atomic E-state index is 12.4. The number of phenols is 1. The van der Waals surface area contributed by atoms with Crippen molar-refractivity contribution in [1.29, 1.82) is 0 Å². The van der Waals surface area contributed by atoms with Crippen LogP contribution >= 0.6 is 0 Å². The van der Waals surface area contributed by atoms with E-state index in [1.165, 1.54) is 12.0 Å². The van der Waals surface area contributed by atoms with Crippen LogP contribution in [0.1, 0.15) is 18.4 Å². The van der Waals surface area contributed by atoms with E-state index in [4.69, 9.17) is 10.5 Å². The van der Waals surface area contributed by atoms with E-state index in [1.54, 1.807) is 24.3 Å². The number of likely N-dealkylation sites (tertiary alicyclic amines) is 1. The number of nitrogens with two attached hydrogens (primary N) is 1. The molecule has 3 N–H and O–H groups in total. The van der Waals surface area contributed by atoms with Crippen molar-refractivity contribution in [3.63, 3.8) is 0 Å². The summed E-state index contributed by atoms with van der Waals surface area (Å²) in [6.45, 7) is 0.530. The van der Waals surface area contributed by atoms with Crippen LogP contribution in [0.2, 0.25) is 0 Å². The number of carbonyl (C=O) groups excluding carboxylic acids is 2. The summed E-state index contributed by atoms with van der Waals surface area (Å²) < 4.78 is 4.72. The standard InChI is InChI=1S/C15H20N2O4/c1-21-15(20)13-3-2-8-17(13)14(19)12(16)9-10-4-6-11(18)7-5-10/h4-7,12-13,18H,2-3,8-9,16H2,1H3/t12-,13-/m0/s1. The largest absolute Gasteiger partial charge is 0.508 e. The number of rotatable bonds is 4. The minimum Gasteiger partial charge on any atom is -0.508 e. The van der Waals surface area contributed by atoms with Crippen LogP contribution in [0.4, 0.5) is 0 Å². The fourth-order valence-electron chi connectivity index (χ4n) is 2.60. The lowest BCUT2D eigenvalue weighted by Gasteiger charge is -2.25. The number of methoxy groups -OCH3 is 1. The van der Waals surface area contributed by atoms with Gasteiger partial charge in [-0.15, -0.1) is 0 Å². The zero-order valence-corrected chi connectivity index (χ0v) is 12.0. The van der Waals surface area contributed by atoms with Gasteiger partial charge in [0.15, 0.2) is 0 Å². The van der Waals surface area contributed by atoms with Crippen molar-refractivity contribution in [2.75, 3.05) is 13.7 Å². The zero-order chi connectivity index (χ0) is 15.4. The van der Waals surface area contributed by atoms with Crippen molar-refractivity contribution in [3.8, 4) is 5.75 Å². The Kier molecular flexibility index (Phi) is 4.80. The number of hydrogen-bond acceptors (Lipinski definition) is 5. The maximum Gasteiger partial charge on any atom is 0.328 e. The molecule has 2 rings (SSSR count). The Balaban J connectivity index is 2.01. The molecule has 0 saturated carbocycles. The van der Waals surface area contributed by atoms with Gasteiger partial charge in [0.2, 0.25) is 5.91 Å². The van der Waals surface area contributed by atoms with Crippen LogP contribution in [0.3, 0.4) is 0 Å². The van der Waals surface area contributed by atoms with Crippen molar-refractivity contribution in [1.82, 2.24) is 4.90 Å². The molecule has 0 unspecified atom stereocenters. The third kappa shape index (κ3) is 3.52. The van der Waals surface area contributed by atoms with Crippen LogP contribution in [-0.2, 0) is 20.7 Å². The van der Waals surface area contributed by atoms with E-state index in [1.807, 2.05) is 0 Å². The van der Waals surface area contributed by atoms with Gasteiger partial charge in [-0.25, -0.2) is 4.79 Å². The third-order valence-electron chi connectivity index (χ3n) is 3.72. The summed E-state index contributed by atoms with van der Waals surface area (Å²) in [5.41, 5.74) is 6.83. The van der Waals surface area contributed by atoms with Crippen molar-refractivity contribution in [2.45, 2.75) is 31.3 Å². The molecule has 0 spiro atoms. The van der Waals surface area contributed by atoms with Crippen LogP contribution in [0, 0.1) is 0 Å². The van der Waals surface area contributed by atoms with Gasteiger partial charge in [-0.1, -0.05) is 12.1 Å². The lowest BCUT2D eigenvalue weighted by molar-refractivity contribution is -0.151. The predicted octanol–water partition coefficient (Wildman–Crippen LogP) is 0.426. The first-order valence-corrected chi connectivity index (χ1v) is 6.94. The molecule has 1 aromatic rings. The molecular formula is C15H20N2O4. The van der Waals surface area contributed by atoms with E-state index in [2.05, 4.69) is 0 Å². The van der Waals surface area contributed by atoms with Crippen molar-refractivity contribution in [2.24, 2.45) is 5.73 Å². The van der Waals surface area contributed by atoms with Crippen LogP contribution in [0.5, 0.6) is 5.75 Å². The Morgan fingerprint density at radius 1 is 1.43 bits per heavy atom. The molecule has 0 aliphatic carbocycles. The van der Waals surface area contributed by atoms with Gasteiger partial charge >= 0.3 is 5.97 Å². The predicted molar refractivity (Wildman–Crippen MR) is 76.5 cm³/mol. The summed E-state index contributed by atoms with van der Waals surface area (Å²) in [6, 6.07) is 5.33. The Morgan fingerprint density at radius 2 is 2.10 bits per heavy atom. The number of benzene rings is 1. The van der Waals surface area contributed by atoms with Crippen LogP contribution in [0.25, 0.3) is 0 Å². The van der Waals surface area contributed by atoms with Crippen LogP contribution in [0.15, 0.2) is 24.3 Å². The molecule has 6 heteroatoms. The number of amides is 1. The summed E-state index contributed by atoms with van der Waals surface area (Å²) in [4.78, 5) is 25.6. The fraction of sp³-hybridized carbons (Fsp3) is 0.467. The molecule has 114 valence electrons. The molecule has 1 saturated heterocycles. The highest BCUT2D eigenvalue weighted by Gasteiger charge is 2.36. The minimum atomic E-state index is -0.709. The molecule has 6 nitrogen and oxygen atoms in total. The van der Waals surface area contributed by atoms with Crippen molar-refractivity contribution in [3.05, 3.63) is 29.8 Å². The number of phenolic OH excluding ortho intramolecular Hbond substituents is 1. The molecular weight excluding hydrogens is 272 g/mol. The van der Waals surface area contributed by atoms with Gasteiger partial charge in [0.1, 0.15) is 11.8 Å². The SMILES string of the molecule is COC(=O)[C@@H]1CCCN1C(=O)[C@@H](N)Cc1ccc(O)cc1. The average molecular weight is 292 g/mol. The molecule has 2 atom stereocenters. The Morgan fingerprint density at radius 3 is 2.71 bits per heavy atom. The van der Waals surface area contributed by atoms with Crippen LogP contribution in [-0.4, -0.2) is 47.6 Å². The topological polar surface area (TPSA) is 92.9 Å². The smallest absolute Gasteiger partial charge is 0.328 e. The molecule has 0 radical (unpaired) electrons. The lowest BCUT2D eigenvalue weighted by atomic mass is 10.0. The summed E-state index contributed by atoms with van der Waals surface area (Å²) in [5.74, 6) is -0.461. The van der Waals surface area contributed by atoms with Gasteiger partial charge < -0.3 is 20.5 Å². The van der Waals surface area contributed by atoms with Gasteiger partial charge in [0, 0.05) is 6.54 Å². The second-order valence-electron chi connectivity index (χ2n) is 5.19. The van der Waals surface area contributed by atoms with E-state index < -0.39 is 18.1 Å². The number of hydrogen-bond donors (Lipinski definition) is 2. The second-order valence-corrected chi connectivity index (χ2v) is 5.19. The summed E-state index contributed by atoms with van der Waals surface area (Å²) in [6.07, 6.45) is 1.76. The molecule has 1 aliphatic rings. The number of aromatic hydroxyl groups is 1. The summed E-state index contributed by atoms with van der Waals surface area (Å²) in [5, 5.41) is 9.24. The molecule has 1 aromatic carbocycles. The molecule has 1 amide bonds.